The lowest BCUT2D eigenvalue weighted by molar-refractivity contribution is -0.915. The van der Waals surface area contributed by atoms with Crippen molar-refractivity contribution in [1.82, 2.24) is 0 Å². The van der Waals surface area contributed by atoms with E-state index in [0.717, 1.165) is 31.9 Å². The molecule has 0 radical (unpaired) electrons. The highest BCUT2D eigenvalue weighted by Crippen LogP contribution is 2.16. The smallest absolute Gasteiger partial charge is 0.119 e. The summed E-state index contributed by atoms with van der Waals surface area (Å²) in [6.07, 6.45) is 1.87. The van der Waals surface area contributed by atoms with E-state index in [4.69, 9.17) is 9.47 Å². The highest BCUT2D eigenvalue weighted by molar-refractivity contribution is 5.33. The molecule has 1 aliphatic heterocycles. The van der Waals surface area contributed by atoms with E-state index in [0.29, 0.717) is 12.2 Å². The Balaban J connectivity index is 1.69. The Labute approximate surface area is 122 Å². The molecule has 1 heterocycles. The molecule has 1 saturated heterocycles. The van der Waals surface area contributed by atoms with Crippen LogP contribution < -0.4 is 9.64 Å². The van der Waals surface area contributed by atoms with E-state index in [2.05, 4.69) is 45.9 Å². The summed E-state index contributed by atoms with van der Waals surface area (Å²) >= 11 is 0. The second-order valence-corrected chi connectivity index (χ2v) is 6.11. The summed E-state index contributed by atoms with van der Waals surface area (Å²) in [5.74, 6) is 0.992. The number of nitrogens with one attached hydrogen (secondary N) is 1. The quantitative estimate of drug-likeness (QED) is 0.830. The minimum atomic E-state index is 0.384. The summed E-state index contributed by atoms with van der Waals surface area (Å²) in [5, 5.41) is 0. The van der Waals surface area contributed by atoms with E-state index >= 15 is 0 Å². The van der Waals surface area contributed by atoms with E-state index in [1.807, 2.05) is 0 Å². The minimum Gasteiger partial charge on any atom is -0.493 e. The highest BCUT2D eigenvalue weighted by Gasteiger charge is 2.24. The van der Waals surface area contributed by atoms with Crippen LogP contribution >= 0.6 is 0 Å². The van der Waals surface area contributed by atoms with Crippen molar-refractivity contribution in [3.05, 3.63) is 29.3 Å². The summed E-state index contributed by atoms with van der Waals surface area (Å²) in [6.45, 7) is 12.8. The molecule has 2 atom stereocenters. The normalized spacial score (nSPS) is 26.5. The van der Waals surface area contributed by atoms with Crippen molar-refractivity contribution in [3.8, 4) is 5.75 Å². The first-order valence-electron chi connectivity index (χ1n) is 7.73. The third kappa shape index (κ3) is 4.50. The second kappa shape index (κ2) is 7.09. The zero-order chi connectivity index (χ0) is 14.5. The van der Waals surface area contributed by atoms with Crippen LogP contribution in [-0.2, 0) is 4.74 Å². The van der Waals surface area contributed by atoms with Crippen molar-refractivity contribution >= 4 is 0 Å². The molecule has 2 rings (SSSR count). The molecule has 1 aliphatic rings. The standard InChI is InChI=1S/C17H27NO2/c1-13-6-7-17(10-14(13)2)19-9-5-8-18-11-15(3)20-16(4)12-18/h6-7,10,15-16H,5,8-9,11-12H2,1-4H3/p+1/t15-,16-/m0/s1. The van der Waals surface area contributed by atoms with E-state index < -0.39 is 0 Å². The molecule has 112 valence electrons. The van der Waals surface area contributed by atoms with Crippen LogP contribution in [-0.4, -0.2) is 38.4 Å². The van der Waals surface area contributed by atoms with Crippen molar-refractivity contribution in [2.45, 2.75) is 46.3 Å². The third-order valence-corrected chi connectivity index (χ3v) is 4.04. The van der Waals surface area contributed by atoms with E-state index in [-0.39, 0.29) is 0 Å². The van der Waals surface area contributed by atoms with Crippen LogP contribution in [0.2, 0.25) is 0 Å². The predicted molar refractivity (Wildman–Crippen MR) is 81.6 cm³/mol. The molecule has 0 unspecified atom stereocenters. The Morgan fingerprint density at radius 3 is 2.50 bits per heavy atom. The number of hydrogen-bond donors (Lipinski definition) is 1. The minimum absolute atomic E-state index is 0.384. The number of hydrogen-bond acceptors (Lipinski definition) is 2. The summed E-state index contributed by atoms with van der Waals surface area (Å²) in [4.78, 5) is 1.64. The lowest BCUT2D eigenvalue weighted by Gasteiger charge is -2.32. The molecule has 1 aromatic rings. The van der Waals surface area contributed by atoms with E-state index in [1.54, 1.807) is 4.90 Å². The van der Waals surface area contributed by atoms with E-state index in [1.165, 1.54) is 17.7 Å². The molecule has 0 amide bonds. The van der Waals surface area contributed by atoms with Gasteiger partial charge in [-0.05, 0) is 51.0 Å². The number of aryl methyl sites for hydroxylation is 2. The number of quaternary nitrogens is 1. The van der Waals surface area contributed by atoms with Crippen molar-refractivity contribution < 1.29 is 14.4 Å². The maximum Gasteiger partial charge on any atom is 0.119 e. The first kappa shape index (κ1) is 15.3. The highest BCUT2D eigenvalue weighted by atomic mass is 16.5. The molecule has 1 fully saturated rings. The molecular weight excluding hydrogens is 250 g/mol. The van der Waals surface area contributed by atoms with Gasteiger partial charge < -0.3 is 14.4 Å². The summed E-state index contributed by atoms with van der Waals surface area (Å²) < 4.78 is 11.6. The third-order valence-electron chi connectivity index (χ3n) is 4.04. The summed E-state index contributed by atoms with van der Waals surface area (Å²) in [6, 6.07) is 6.32. The van der Waals surface area contributed by atoms with Gasteiger partial charge in [-0.15, -0.1) is 0 Å². The number of benzene rings is 1. The Kier molecular flexibility index (Phi) is 5.44. The van der Waals surface area contributed by atoms with Crippen LogP contribution in [0, 0.1) is 13.8 Å². The van der Waals surface area contributed by atoms with Gasteiger partial charge in [-0.2, -0.15) is 0 Å². The van der Waals surface area contributed by atoms with Crippen molar-refractivity contribution in [2.24, 2.45) is 0 Å². The van der Waals surface area contributed by atoms with Gasteiger partial charge in [0, 0.05) is 6.42 Å². The van der Waals surface area contributed by atoms with Crippen molar-refractivity contribution in [1.29, 1.82) is 0 Å². The maximum absolute atomic E-state index is 5.84. The zero-order valence-electron chi connectivity index (χ0n) is 13.2. The summed E-state index contributed by atoms with van der Waals surface area (Å²) in [5.41, 5.74) is 2.61. The predicted octanol–water partition coefficient (Wildman–Crippen LogP) is 1.76. The lowest BCUT2D eigenvalue weighted by atomic mass is 10.1. The fourth-order valence-electron chi connectivity index (χ4n) is 2.91. The Morgan fingerprint density at radius 2 is 1.85 bits per heavy atom. The molecule has 3 nitrogen and oxygen atoms in total. The van der Waals surface area contributed by atoms with Crippen LogP contribution in [0.25, 0.3) is 0 Å². The van der Waals surface area contributed by atoms with Crippen LogP contribution in [0.3, 0.4) is 0 Å². The molecule has 0 bridgehead atoms. The van der Waals surface area contributed by atoms with Gasteiger partial charge in [0.25, 0.3) is 0 Å². The molecule has 1 N–H and O–H groups in total. The molecule has 0 aliphatic carbocycles. The number of morpholine rings is 1. The first-order valence-corrected chi connectivity index (χ1v) is 7.73. The maximum atomic E-state index is 5.84. The average molecular weight is 278 g/mol. The van der Waals surface area contributed by atoms with Gasteiger partial charge in [-0.3, -0.25) is 0 Å². The number of ether oxygens (including phenoxy) is 2. The molecule has 0 saturated carbocycles. The Hall–Kier alpha value is -1.06. The fraction of sp³-hybridized carbons (Fsp3) is 0.647. The van der Waals surface area contributed by atoms with Crippen LogP contribution in [0.4, 0.5) is 0 Å². The largest absolute Gasteiger partial charge is 0.493 e. The monoisotopic (exact) mass is 278 g/mol. The van der Waals surface area contributed by atoms with Gasteiger partial charge >= 0.3 is 0 Å². The van der Waals surface area contributed by atoms with Gasteiger partial charge in [0.2, 0.25) is 0 Å². The van der Waals surface area contributed by atoms with Crippen LogP contribution in [0.5, 0.6) is 5.75 Å². The van der Waals surface area contributed by atoms with Crippen molar-refractivity contribution in [2.75, 3.05) is 26.2 Å². The Morgan fingerprint density at radius 1 is 1.15 bits per heavy atom. The SMILES string of the molecule is Cc1ccc(OCCC[NH+]2C[C@H](C)O[C@@H](C)C2)cc1C. The van der Waals surface area contributed by atoms with Gasteiger partial charge in [0.1, 0.15) is 31.0 Å². The van der Waals surface area contributed by atoms with E-state index in [9.17, 15) is 0 Å². The van der Waals surface area contributed by atoms with Gasteiger partial charge in [-0.1, -0.05) is 6.07 Å². The van der Waals surface area contributed by atoms with Crippen molar-refractivity contribution in [3.63, 3.8) is 0 Å². The fourth-order valence-corrected chi connectivity index (χ4v) is 2.91. The number of rotatable bonds is 5. The lowest BCUT2D eigenvalue weighted by Crippen LogP contribution is -3.15. The molecular formula is C17H28NO2+. The first-order chi connectivity index (χ1) is 9.54. The molecule has 20 heavy (non-hydrogen) atoms. The molecule has 0 spiro atoms. The molecule has 3 heteroatoms. The van der Waals surface area contributed by atoms with Gasteiger partial charge in [0.05, 0.1) is 13.2 Å². The molecule has 1 aromatic carbocycles. The zero-order valence-corrected chi connectivity index (χ0v) is 13.2. The molecule has 0 aromatic heterocycles. The summed E-state index contributed by atoms with van der Waals surface area (Å²) in [7, 11) is 0. The van der Waals surface area contributed by atoms with Gasteiger partial charge in [0.15, 0.2) is 0 Å². The second-order valence-electron chi connectivity index (χ2n) is 6.11. The average Bonchev–Trinajstić information content (AvgIpc) is 2.38. The topological polar surface area (TPSA) is 22.9 Å². The van der Waals surface area contributed by atoms with Crippen LogP contribution in [0.1, 0.15) is 31.4 Å². The van der Waals surface area contributed by atoms with Gasteiger partial charge in [-0.25, -0.2) is 0 Å². The van der Waals surface area contributed by atoms with Crippen LogP contribution in [0.15, 0.2) is 18.2 Å². The Bertz CT molecular complexity index is 423.